The average Bonchev–Trinajstić information content (AvgIpc) is 3.09. The van der Waals surface area contributed by atoms with Crippen LogP contribution in [0.1, 0.15) is 26.2 Å². The molecule has 1 heterocycles. The van der Waals surface area contributed by atoms with Gasteiger partial charge < -0.3 is 15.0 Å². The van der Waals surface area contributed by atoms with E-state index in [4.69, 9.17) is 4.74 Å². The summed E-state index contributed by atoms with van der Waals surface area (Å²) in [6, 6.07) is 10.7. The summed E-state index contributed by atoms with van der Waals surface area (Å²) in [5.41, 5.74) is 0. The minimum atomic E-state index is 0.742. The zero-order valence-corrected chi connectivity index (χ0v) is 15.9. The number of guanidine groups is 1. The number of hydrogen-bond donors (Lipinski definition) is 1. The Bertz CT molecular complexity index is 481. The zero-order chi connectivity index (χ0) is 17.0. The summed E-state index contributed by atoms with van der Waals surface area (Å²) in [4.78, 5) is 8.22. The summed E-state index contributed by atoms with van der Waals surface area (Å²) in [6.45, 7) is 6.90. The Labute approximate surface area is 151 Å². The first-order chi connectivity index (χ1) is 11.8. The third-order valence-corrected chi connectivity index (χ3v) is 5.47. The molecule has 1 aromatic rings. The topological polar surface area (TPSA) is 36.9 Å². The number of nitrogens with zero attached hydrogens (tertiary/aromatic N) is 2. The molecule has 0 spiro atoms. The minimum absolute atomic E-state index is 0.742. The van der Waals surface area contributed by atoms with Crippen molar-refractivity contribution >= 4 is 17.7 Å². The Morgan fingerprint density at radius 2 is 2.17 bits per heavy atom. The number of ether oxygens (including phenoxy) is 1. The second kappa shape index (κ2) is 11.4. The maximum Gasteiger partial charge on any atom is 0.193 e. The molecule has 0 radical (unpaired) electrons. The van der Waals surface area contributed by atoms with Crippen molar-refractivity contribution in [2.45, 2.75) is 31.1 Å². The van der Waals surface area contributed by atoms with Crippen LogP contribution in [0, 0.1) is 5.92 Å². The molecular weight excluding hydrogens is 318 g/mol. The first-order valence-electron chi connectivity index (χ1n) is 9.04. The highest BCUT2D eigenvalue weighted by atomic mass is 32.2. The second-order valence-corrected chi connectivity index (χ2v) is 7.20. The fraction of sp³-hybridized carbons (Fsp3) is 0.632. The van der Waals surface area contributed by atoms with Gasteiger partial charge in [0, 0.05) is 50.5 Å². The predicted molar refractivity (Wildman–Crippen MR) is 104 cm³/mol. The normalized spacial score (nSPS) is 18.2. The van der Waals surface area contributed by atoms with Crippen LogP contribution in [0.25, 0.3) is 0 Å². The molecule has 0 bridgehead atoms. The number of unbranched alkanes of at least 4 members (excludes halogenated alkanes) is 1. The van der Waals surface area contributed by atoms with E-state index in [-0.39, 0.29) is 0 Å². The molecule has 24 heavy (non-hydrogen) atoms. The monoisotopic (exact) mass is 349 g/mol. The first kappa shape index (κ1) is 19.1. The van der Waals surface area contributed by atoms with E-state index in [1.54, 1.807) is 0 Å². The summed E-state index contributed by atoms with van der Waals surface area (Å²) in [5, 5.41) is 3.50. The number of nitrogens with one attached hydrogen (secondary N) is 1. The molecular formula is C19H31N3OS. The fourth-order valence-electron chi connectivity index (χ4n) is 2.90. The van der Waals surface area contributed by atoms with Crippen LogP contribution >= 0.6 is 11.8 Å². The van der Waals surface area contributed by atoms with Crippen molar-refractivity contribution < 1.29 is 4.74 Å². The van der Waals surface area contributed by atoms with Crippen LogP contribution < -0.4 is 5.32 Å². The number of hydrogen-bond acceptors (Lipinski definition) is 3. The lowest BCUT2D eigenvalue weighted by Crippen LogP contribution is -2.40. The molecule has 0 aliphatic carbocycles. The van der Waals surface area contributed by atoms with E-state index in [2.05, 4.69) is 45.5 Å². The van der Waals surface area contributed by atoms with Crippen molar-refractivity contribution in [3.8, 4) is 0 Å². The molecule has 1 aliphatic heterocycles. The molecule has 1 unspecified atom stereocenters. The molecule has 1 atom stereocenters. The van der Waals surface area contributed by atoms with Crippen molar-refractivity contribution in [1.82, 2.24) is 10.2 Å². The summed E-state index contributed by atoms with van der Waals surface area (Å²) in [6.07, 6.45) is 3.49. The van der Waals surface area contributed by atoms with Gasteiger partial charge in [-0.05, 0) is 44.2 Å². The van der Waals surface area contributed by atoms with Crippen LogP contribution in [0.2, 0.25) is 0 Å². The summed E-state index contributed by atoms with van der Waals surface area (Å²) in [5.74, 6) is 2.98. The maximum absolute atomic E-state index is 5.37. The lowest BCUT2D eigenvalue weighted by atomic mass is 10.2. The van der Waals surface area contributed by atoms with Gasteiger partial charge in [0.1, 0.15) is 0 Å². The fourth-order valence-corrected chi connectivity index (χ4v) is 3.95. The number of aliphatic imine (C=N–C) groups is 1. The molecule has 1 aromatic carbocycles. The van der Waals surface area contributed by atoms with Crippen LogP contribution in [0.5, 0.6) is 0 Å². The van der Waals surface area contributed by atoms with E-state index >= 15 is 0 Å². The molecule has 1 aliphatic rings. The van der Waals surface area contributed by atoms with E-state index in [9.17, 15) is 0 Å². The Balaban J connectivity index is 1.65. The van der Waals surface area contributed by atoms with E-state index in [0.29, 0.717) is 0 Å². The third kappa shape index (κ3) is 6.73. The molecule has 1 fully saturated rings. The zero-order valence-electron chi connectivity index (χ0n) is 15.0. The molecule has 1 N–H and O–H groups in total. The predicted octanol–water partition coefficient (Wildman–Crippen LogP) is 3.49. The van der Waals surface area contributed by atoms with Gasteiger partial charge in [-0.3, -0.25) is 4.99 Å². The van der Waals surface area contributed by atoms with Crippen molar-refractivity contribution in [3.05, 3.63) is 30.3 Å². The second-order valence-electron chi connectivity index (χ2n) is 6.10. The van der Waals surface area contributed by atoms with E-state index < -0.39 is 0 Å². The molecule has 134 valence electrons. The molecule has 1 saturated heterocycles. The van der Waals surface area contributed by atoms with Gasteiger partial charge in [0.15, 0.2) is 5.96 Å². The molecule has 2 rings (SSSR count). The molecule has 5 heteroatoms. The Morgan fingerprint density at radius 1 is 1.33 bits per heavy atom. The lowest BCUT2D eigenvalue weighted by molar-refractivity contribution is 0.143. The number of rotatable bonds is 9. The van der Waals surface area contributed by atoms with Crippen molar-refractivity contribution in [2.75, 3.05) is 45.6 Å². The smallest absolute Gasteiger partial charge is 0.193 e. The van der Waals surface area contributed by atoms with Crippen LogP contribution in [-0.4, -0.2) is 56.5 Å². The Kier molecular flexibility index (Phi) is 9.06. The highest BCUT2D eigenvalue weighted by molar-refractivity contribution is 7.99. The van der Waals surface area contributed by atoms with Gasteiger partial charge in [0.05, 0.1) is 0 Å². The van der Waals surface area contributed by atoms with Crippen LogP contribution in [0.4, 0.5) is 0 Å². The number of benzene rings is 1. The van der Waals surface area contributed by atoms with E-state index in [1.807, 2.05) is 25.7 Å². The average molecular weight is 350 g/mol. The summed E-state index contributed by atoms with van der Waals surface area (Å²) >= 11 is 1.97. The van der Waals surface area contributed by atoms with Crippen molar-refractivity contribution in [2.24, 2.45) is 10.9 Å². The Hall–Kier alpha value is -1.20. The van der Waals surface area contributed by atoms with Gasteiger partial charge in [-0.2, -0.15) is 0 Å². The SMILES string of the molecule is CCOCCCCNC(=NC)N1CCC(CSc2ccccc2)C1. The number of likely N-dealkylation sites (tertiary alicyclic amines) is 1. The van der Waals surface area contributed by atoms with E-state index in [1.165, 1.54) is 17.1 Å². The third-order valence-electron chi connectivity index (χ3n) is 4.23. The minimum Gasteiger partial charge on any atom is -0.382 e. The van der Waals surface area contributed by atoms with Gasteiger partial charge in [0.25, 0.3) is 0 Å². The standard InChI is InChI=1S/C19H31N3OS/c1-3-23-14-8-7-12-21-19(20-2)22-13-11-17(15-22)16-24-18-9-5-4-6-10-18/h4-6,9-10,17H,3,7-8,11-16H2,1-2H3,(H,20,21). The molecule has 4 nitrogen and oxygen atoms in total. The highest BCUT2D eigenvalue weighted by Crippen LogP contribution is 2.25. The highest BCUT2D eigenvalue weighted by Gasteiger charge is 2.24. The van der Waals surface area contributed by atoms with Crippen molar-refractivity contribution in [1.29, 1.82) is 0 Å². The summed E-state index contributed by atoms with van der Waals surface area (Å²) in [7, 11) is 1.88. The van der Waals surface area contributed by atoms with Crippen LogP contribution in [0.15, 0.2) is 40.2 Å². The van der Waals surface area contributed by atoms with E-state index in [0.717, 1.165) is 57.6 Å². The molecule has 0 aromatic heterocycles. The lowest BCUT2D eigenvalue weighted by Gasteiger charge is -2.21. The van der Waals surface area contributed by atoms with Crippen LogP contribution in [0.3, 0.4) is 0 Å². The van der Waals surface area contributed by atoms with Gasteiger partial charge in [-0.15, -0.1) is 11.8 Å². The Morgan fingerprint density at radius 3 is 2.92 bits per heavy atom. The molecule has 0 saturated carbocycles. The van der Waals surface area contributed by atoms with Gasteiger partial charge >= 0.3 is 0 Å². The van der Waals surface area contributed by atoms with Gasteiger partial charge in [0.2, 0.25) is 0 Å². The maximum atomic E-state index is 5.37. The largest absolute Gasteiger partial charge is 0.382 e. The van der Waals surface area contributed by atoms with Crippen molar-refractivity contribution in [3.63, 3.8) is 0 Å². The summed E-state index contributed by atoms with van der Waals surface area (Å²) < 4.78 is 5.37. The van der Waals surface area contributed by atoms with Gasteiger partial charge in [-0.1, -0.05) is 18.2 Å². The number of thioether (sulfide) groups is 1. The van der Waals surface area contributed by atoms with Gasteiger partial charge in [-0.25, -0.2) is 0 Å². The first-order valence-corrected chi connectivity index (χ1v) is 10.0. The van der Waals surface area contributed by atoms with Crippen LogP contribution in [-0.2, 0) is 4.74 Å². The molecule has 0 amide bonds. The quantitative estimate of drug-likeness (QED) is 0.320.